The smallest absolute Gasteiger partial charge is 0.261 e. The largest absolute Gasteiger partial charge is 0.355 e. The number of carbonyl (C=O) groups excluding carboxylic acids is 3. The molecule has 8 nitrogen and oxygen atoms in total. The van der Waals surface area contributed by atoms with E-state index in [1.165, 1.54) is 0 Å². The Balaban J connectivity index is 1.72. The van der Waals surface area contributed by atoms with Crippen LogP contribution in [0.4, 0.5) is 0 Å². The number of amides is 3. The van der Waals surface area contributed by atoms with Gasteiger partial charge in [-0.2, -0.15) is 0 Å². The molecule has 1 aromatic rings. The minimum absolute atomic E-state index is 0.0135. The lowest BCUT2D eigenvalue weighted by molar-refractivity contribution is -0.121. The molecule has 0 saturated carbocycles. The van der Waals surface area contributed by atoms with Crippen LogP contribution in [0.25, 0.3) is 0 Å². The number of fused-ring (bicyclic) bond motifs is 1. The van der Waals surface area contributed by atoms with Crippen LogP contribution in [0, 0.1) is 0 Å². The minimum Gasteiger partial charge on any atom is -0.355 e. The van der Waals surface area contributed by atoms with Gasteiger partial charge in [-0.1, -0.05) is 25.5 Å². The normalized spacial score (nSPS) is 13.8. The second-order valence-corrected chi connectivity index (χ2v) is 7.90. The molecular formula is C17H23N3O5S. The van der Waals surface area contributed by atoms with E-state index in [9.17, 15) is 22.8 Å². The summed E-state index contributed by atoms with van der Waals surface area (Å²) < 4.78 is 25.6. The average Bonchev–Trinajstić information content (AvgIpc) is 2.86. The van der Waals surface area contributed by atoms with Crippen LogP contribution in [0.1, 0.15) is 46.9 Å². The van der Waals surface area contributed by atoms with Crippen molar-refractivity contribution in [2.45, 2.75) is 26.2 Å². The number of carbonyl (C=O) groups is 3. The Labute approximate surface area is 153 Å². The van der Waals surface area contributed by atoms with E-state index in [-0.39, 0.29) is 37.7 Å². The van der Waals surface area contributed by atoms with Gasteiger partial charge in [0.05, 0.1) is 16.9 Å². The topological polar surface area (TPSA) is 113 Å². The summed E-state index contributed by atoms with van der Waals surface area (Å²) >= 11 is 0. The molecular weight excluding hydrogens is 358 g/mol. The number of unbranched alkanes of at least 4 members (excludes halogenated alkanes) is 1. The molecule has 3 amide bonds. The van der Waals surface area contributed by atoms with Gasteiger partial charge in [0.15, 0.2) is 0 Å². The highest BCUT2D eigenvalue weighted by Gasteiger charge is 2.34. The van der Waals surface area contributed by atoms with Gasteiger partial charge in [0.1, 0.15) is 0 Å². The zero-order valence-electron chi connectivity index (χ0n) is 14.7. The number of nitrogens with zero attached hydrogens (tertiary/aromatic N) is 1. The highest BCUT2D eigenvalue weighted by molar-refractivity contribution is 7.89. The molecule has 0 bridgehead atoms. The van der Waals surface area contributed by atoms with Crippen LogP contribution in [-0.2, 0) is 14.8 Å². The van der Waals surface area contributed by atoms with Gasteiger partial charge in [-0.05, 0) is 18.6 Å². The van der Waals surface area contributed by atoms with Crippen molar-refractivity contribution in [3.8, 4) is 0 Å². The maximum absolute atomic E-state index is 12.2. The van der Waals surface area contributed by atoms with Gasteiger partial charge in [-0.15, -0.1) is 0 Å². The van der Waals surface area contributed by atoms with E-state index < -0.39 is 21.8 Å². The first-order valence-corrected chi connectivity index (χ1v) is 10.2. The summed E-state index contributed by atoms with van der Waals surface area (Å²) in [4.78, 5) is 37.2. The predicted molar refractivity (Wildman–Crippen MR) is 96.1 cm³/mol. The van der Waals surface area contributed by atoms with Crippen LogP contribution in [0.3, 0.4) is 0 Å². The van der Waals surface area contributed by atoms with Gasteiger partial charge in [0, 0.05) is 26.1 Å². The molecule has 0 fully saturated rings. The van der Waals surface area contributed by atoms with Gasteiger partial charge in [-0.3, -0.25) is 19.3 Å². The molecule has 142 valence electrons. The third kappa shape index (κ3) is 5.12. The highest BCUT2D eigenvalue weighted by atomic mass is 32.2. The number of imide groups is 1. The third-order valence-electron chi connectivity index (χ3n) is 3.98. The number of benzene rings is 1. The van der Waals surface area contributed by atoms with Crippen LogP contribution < -0.4 is 10.0 Å². The molecule has 2 N–H and O–H groups in total. The zero-order chi connectivity index (χ0) is 19.2. The monoisotopic (exact) mass is 381 g/mol. The van der Waals surface area contributed by atoms with Gasteiger partial charge >= 0.3 is 0 Å². The maximum Gasteiger partial charge on any atom is 0.261 e. The average molecular weight is 381 g/mol. The van der Waals surface area contributed by atoms with E-state index >= 15 is 0 Å². The molecule has 0 spiro atoms. The lowest BCUT2D eigenvalue weighted by Gasteiger charge is -2.13. The summed E-state index contributed by atoms with van der Waals surface area (Å²) in [6.07, 6.45) is 1.34. The molecule has 0 aliphatic carbocycles. The zero-order valence-corrected chi connectivity index (χ0v) is 15.5. The fraction of sp³-hybridized carbons (Fsp3) is 0.471. The second-order valence-electron chi connectivity index (χ2n) is 5.97. The van der Waals surface area contributed by atoms with Crippen LogP contribution in [-0.4, -0.2) is 56.4 Å². The third-order valence-corrected chi connectivity index (χ3v) is 5.45. The van der Waals surface area contributed by atoms with E-state index in [0.717, 1.165) is 11.3 Å². The van der Waals surface area contributed by atoms with Crippen molar-refractivity contribution in [3.05, 3.63) is 35.4 Å². The molecule has 1 heterocycles. The Morgan fingerprint density at radius 2 is 1.69 bits per heavy atom. The van der Waals surface area contributed by atoms with E-state index in [1.54, 1.807) is 24.3 Å². The van der Waals surface area contributed by atoms with Gasteiger partial charge < -0.3 is 5.32 Å². The van der Waals surface area contributed by atoms with Crippen molar-refractivity contribution in [1.29, 1.82) is 0 Å². The van der Waals surface area contributed by atoms with Crippen molar-refractivity contribution < 1.29 is 22.8 Å². The van der Waals surface area contributed by atoms with Crippen LogP contribution in [0.15, 0.2) is 24.3 Å². The maximum atomic E-state index is 12.2. The SMILES string of the molecule is CCCCS(=O)(=O)NCCNC(=O)CCN1C(=O)c2ccccc2C1=O. The standard InChI is InChI=1S/C17H23N3O5S/c1-2-3-12-26(24,25)19-10-9-18-15(21)8-11-20-16(22)13-6-4-5-7-14(13)17(20)23/h4-7,19H,2-3,8-12H2,1H3,(H,18,21). The molecule has 26 heavy (non-hydrogen) atoms. The Hall–Kier alpha value is -2.26. The summed E-state index contributed by atoms with van der Waals surface area (Å²) in [6.45, 7) is 2.14. The van der Waals surface area contributed by atoms with Crippen LogP contribution in [0.5, 0.6) is 0 Å². The Morgan fingerprint density at radius 1 is 1.08 bits per heavy atom. The summed E-state index contributed by atoms with van der Waals surface area (Å²) in [6, 6.07) is 6.53. The first kappa shape index (κ1) is 20.1. The van der Waals surface area contributed by atoms with E-state index in [0.29, 0.717) is 17.5 Å². The molecule has 0 unspecified atom stereocenters. The summed E-state index contributed by atoms with van der Waals surface area (Å²) in [5, 5.41) is 2.57. The summed E-state index contributed by atoms with van der Waals surface area (Å²) in [5.41, 5.74) is 0.693. The lowest BCUT2D eigenvalue weighted by Crippen LogP contribution is -2.38. The number of hydrogen-bond acceptors (Lipinski definition) is 5. The first-order valence-electron chi connectivity index (χ1n) is 8.55. The fourth-order valence-corrected chi connectivity index (χ4v) is 3.79. The lowest BCUT2D eigenvalue weighted by atomic mass is 10.1. The number of hydrogen-bond donors (Lipinski definition) is 2. The molecule has 9 heteroatoms. The van der Waals surface area contributed by atoms with Gasteiger partial charge in [0.25, 0.3) is 11.8 Å². The predicted octanol–water partition coefficient (Wildman–Crippen LogP) is 0.508. The molecule has 2 rings (SSSR count). The molecule has 1 aliphatic heterocycles. The van der Waals surface area contributed by atoms with Gasteiger partial charge in [-0.25, -0.2) is 13.1 Å². The molecule has 0 saturated heterocycles. The number of nitrogens with one attached hydrogen (secondary N) is 2. The molecule has 0 radical (unpaired) electrons. The van der Waals surface area contributed by atoms with Crippen LogP contribution in [0.2, 0.25) is 0 Å². The number of sulfonamides is 1. The molecule has 0 atom stereocenters. The molecule has 1 aliphatic rings. The van der Waals surface area contributed by atoms with E-state index in [2.05, 4.69) is 10.0 Å². The van der Waals surface area contributed by atoms with E-state index in [1.807, 2.05) is 6.92 Å². The van der Waals surface area contributed by atoms with Crippen molar-refractivity contribution in [2.24, 2.45) is 0 Å². The minimum atomic E-state index is -3.31. The molecule has 0 aromatic heterocycles. The van der Waals surface area contributed by atoms with Crippen molar-refractivity contribution in [1.82, 2.24) is 14.9 Å². The highest BCUT2D eigenvalue weighted by Crippen LogP contribution is 2.22. The van der Waals surface area contributed by atoms with E-state index in [4.69, 9.17) is 0 Å². The Kier molecular flexibility index (Phi) is 6.87. The van der Waals surface area contributed by atoms with Crippen LogP contribution >= 0.6 is 0 Å². The quantitative estimate of drug-likeness (QED) is 0.453. The second kappa shape index (κ2) is 8.91. The fourth-order valence-electron chi connectivity index (χ4n) is 2.56. The van der Waals surface area contributed by atoms with Gasteiger partial charge in [0.2, 0.25) is 15.9 Å². The first-order chi connectivity index (χ1) is 12.4. The van der Waals surface area contributed by atoms with Crippen molar-refractivity contribution in [3.63, 3.8) is 0 Å². The molecule has 1 aromatic carbocycles. The Morgan fingerprint density at radius 3 is 2.27 bits per heavy atom. The number of rotatable bonds is 10. The van der Waals surface area contributed by atoms with Crippen molar-refractivity contribution >= 4 is 27.7 Å². The van der Waals surface area contributed by atoms with Crippen molar-refractivity contribution in [2.75, 3.05) is 25.4 Å². The summed E-state index contributed by atoms with van der Waals surface area (Å²) in [7, 11) is -3.31. The summed E-state index contributed by atoms with van der Waals surface area (Å²) in [5.74, 6) is -1.09. The Bertz CT molecular complexity index is 756.